The van der Waals surface area contributed by atoms with Crippen LogP contribution in [-0.2, 0) is 4.74 Å². The summed E-state index contributed by atoms with van der Waals surface area (Å²) in [6.45, 7) is 2.06. The first-order valence-electron chi connectivity index (χ1n) is 6.53. The molecule has 1 saturated heterocycles. The summed E-state index contributed by atoms with van der Waals surface area (Å²) in [7, 11) is 1.67. The fourth-order valence-corrected chi connectivity index (χ4v) is 2.76. The maximum absolute atomic E-state index is 12.1. The Morgan fingerprint density at radius 1 is 1.45 bits per heavy atom. The number of hydrogen-bond donors (Lipinski definition) is 2. The van der Waals surface area contributed by atoms with Gasteiger partial charge in [-0.15, -0.1) is 0 Å². The molecule has 1 fully saturated rings. The summed E-state index contributed by atoms with van der Waals surface area (Å²) in [6.07, 6.45) is 2.08. The van der Waals surface area contributed by atoms with E-state index in [1.54, 1.807) is 25.3 Å². The molecule has 1 unspecified atom stereocenters. The van der Waals surface area contributed by atoms with Gasteiger partial charge >= 0.3 is 0 Å². The number of carbonyl (C=O) groups is 1. The van der Waals surface area contributed by atoms with E-state index in [1.165, 1.54) is 0 Å². The van der Waals surface area contributed by atoms with Crippen LogP contribution in [0.15, 0.2) is 18.2 Å². The summed E-state index contributed by atoms with van der Waals surface area (Å²) in [6, 6.07) is 4.86. The zero-order chi connectivity index (χ0) is 14.6. The van der Waals surface area contributed by atoms with Crippen LogP contribution in [0.1, 0.15) is 23.2 Å². The number of methoxy groups -OCH3 is 1. The number of nitrogens with one attached hydrogen (secondary N) is 2. The number of hydrogen-bond acceptors (Lipinski definition) is 3. The molecule has 4 nitrogen and oxygen atoms in total. The zero-order valence-electron chi connectivity index (χ0n) is 11.3. The lowest BCUT2D eigenvalue weighted by atomic mass is 9.98. The van der Waals surface area contributed by atoms with Crippen LogP contribution in [0.2, 0.25) is 10.0 Å². The van der Waals surface area contributed by atoms with Gasteiger partial charge in [-0.25, -0.2) is 0 Å². The van der Waals surface area contributed by atoms with E-state index in [4.69, 9.17) is 27.9 Å². The van der Waals surface area contributed by atoms with Gasteiger partial charge in [0.2, 0.25) is 0 Å². The van der Waals surface area contributed by atoms with Crippen molar-refractivity contribution in [3.05, 3.63) is 33.8 Å². The van der Waals surface area contributed by atoms with Gasteiger partial charge in [-0.1, -0.05) is 23.2 Å². The molecule has 1 aliphatic heterocycles. The molecule has 1 aliphatic rings. The third kappa shape index (κ3) is 3.64. The molecule has 1 aromatic carbocycles. The maximum atomic E-state index is 12.1. The number of ether oxygens (including phenoxy) is 1. The number of benzene rings is 1. The molecule has 0 radical (unpaired) electrons. The van der Waals surface area contributed by atoms with Crippen LogP contribution >= 0.6 is 23.2 Å². The number of amides is 1. The normalized spacial score (nSPS) is 21.9. The highest BCUT2D eigenvalue weighted by atomic mass is 35.5. The fraction of sp³-hybridized carbons (Fsp3) is 0.500. The summed E-state index contributed by atoms with van der Waals surface area (Å²) >= 11 is 11.8. The number of rotatable bonds is 5. The van der Waals surface area contributed by atoms with Crippen LogP contribution in [0.4, 0.5) is 0 Å². The van der Waals surface area contributed by atoms with Crippen molar-refractivity contribution >= 4 is 29.1 Å². The van der Waals surface area contributed by atoms with Crippen molar-refractivity contribution < 1.29 is 9.53 Å². The minimum absolute atomic E-state index is 0.159. The van der Waals surface area contributed by atoms with Crippen molar-refractivity contribution in [3.63, 3.8) is 0 Å². The average molecular weight is 317 g/mol. The summed E-state index contributed by atoms with van der Waals surface area (Å²) in [5, 5.41) is 7.16. The first kappa shape index (κ1) is 15.6. The van der Waals surface area contributed by atoms with Gasteiger partial charge in [-0.3, -0.25) is 4.79 Å². The second kappa shape index (κ2) is 6.76. The smallest absolute Gasteiger partial charge is 0.251 e. The second-order valence-corrected chi connectivity index (χ2v) is 5.87. The van der Waals surface area contributed by atoms with Gasteiger partial charge < -0.3 is 15.4 Å². The van der Waals surface area contributed by atoms with Crippen molar-refractivity contribution in [2.45, 2.75) is 18.4 Å². The highest BCUT2D eigenvalue weighted by molar-refractivity contribution is 6.42. The fourth-order valence-electron chi connectivity index (χ4n) is 2.46. The first-order valence-corrected chi connectivity index (χ1v) is 7.29. The largest absolute Gasteiger partial charge is 0.383 e. The topological polar surface area (TPSA) is 50.4 Å². The molecule has 0 saturated carbocycles. The van der Waals surface area contributed by atoms with Gasteiger partial charge in [-0.2, -0.15) is 0 Å². The van der Waals surface area contributed by atoms with E-state index in [9.17, 15) is 4.79 Å². The van der Waals surface area contributed by atoms with E-state index < -0.39 is 0 Å². The monoisotopic (exact) mass is 316 g/mol. The van der Waals surface area contributed by atoms with E-state index in [-0.39, 0.29) is 11.4 Å². The van der Waals surface area contributed by atoms with Gasteiger partial charge in [0.15, 0.2) is 0 Å². The van der Waals surface area contributed by atoms with E-state index in [1.807, 2.05) is 0 Å². The average Bonchev–Trinajstić information content (AvgIpc) is 2.89. The van der Waals surface area contributed by atoms with Gasteiger partial charge in [0.05, 0.1) is 22.2 Å². The first-order chi connectivity index (χ1) is 9.56. The van der Waals surface area contributed by atoms with Crippen LogP contribution in [0.5, 0.6) is 0 Å². The molecule has 0 aromatic heterocycles. The Kier molecular flexibility index (Phi) is 5.27. The van der Waals surface area contributed by atoms with E-state index in [2.05, 4.69) is 10.6 Å². The summed E-state index contributed by atoms with van der Waals surface area (Å²) in [4.78, 5) is 12.1. The van der Waals surface area contributed by atoms with Crippen molar-refractivity contribution in [1.29, 1.82) is 0 Å². The molecule has 110 valence electrons. The lowest BCUT2D eigenvalue weighted by molar-refractivity contribution is 0.0892. The molecule has 0 bridgehead atoms. The molecule has 0 spiro atoms. The van der Waals surface area contributed by atoms with Crippen molar-refractivity contribution in [1.82, 2.24) is 10.6 Å². The Labute approximate surface area is 128 Å². The third-order valence-corrected chi connectivity index (χ3v) is 4.26. The van der Waals surface area contributed by atoms with Crippen molar-refractivity contribution in [2.24, 2.45) is 0 Å². The number of halogens is 2. The minimum atomic E-state index is -0.166. The van der Waals surface area contributed by atoms with Crippen LogP contribution in [-0.4, -0.2) is 38.3 Å². The minimum Gasteiger partial charge on any atom is -0.383 e. The predicted octanol–water partition coefficient (Wildman–Crippen LogP) is 2.49. The molecule has 6 heteroatoms. The molecule has 2 rings (SSSR count). The third-order valence-electron chi connectivity index (χ3n) is 3.52. The Morgan fingerprint density at radius 3 is 2.85 bits per heavy atom. The molecule has 2 N–H and O–H groups in total. The van der Waals surface area contributed by atoms with Gasteiger partial charge in [0.1, 0.15) is 0 Å². The quantitative estimate of drug-likeness (QED) is 0.877. The van der Waals surface area contributed by atoms with Crippen LogP contribution in [0.3, 0.4) is 0 Å². The Bertz CT molecular complexity index is 488. The maximum Gasteiger partial charge on any atom is 0.251 e. The lowest BCUT2D eigenvalue weighted by Crippen LogP contribution is -2.53. The van der Waals surface area contributed by atoms with Gasteiger partial charge in [0, 0.05) is 19.2 Å². The Morgan fingerprint density at radius 2 is 2.25 bits per heavy atom. The lowest BCUT2D eigenvalue weighted by Gasteiger charge is -2.29. The molecule has 1 heterocycles. The van der Waals surface area contributed by atoms with Crippen LogP contribution in [0, 0.1) is 0 Å². The van der Waals surface area contributed by atoms with Gasteiger partial charge in [-0.05, 0) is 37.6 Å². The molecular formula is C14H18Cl2N2O2. The van der Waals surface area contributed by atoms with Crippen molar-refractivity contribution in [3.8, 4) is 0 Å². The summed E-state index contributed by atoms with van der Waals surface area (Å²) in [5.74, 6) is -0.159. The Hall–Kier alpha value is -0.810. The Balaban J connectivity index is 1.98. The molecule has 1 atom stereocenters. The molecular weight excluding hydrogens is 299 g/mol. The van der Waals surface area contributed by atoms with E-state index in [0.717, 1.165) is 19.4 Å². The van der Waals surface area contributed by atoms with Crippen molar-refractivity contribution in [2.75, 3.05) is 26.8 Å². The molecule has 0 aliphatic carbocycles. The van der Waals surface area contributed by atoms with Crippen LogP contribution < -0.4 is 10.6 Å². The predicted molar refractivity (Wildman–Crippen MR) is 80.6 cm³/mol. The summed E-state index contributed by atoms with van der Waals surface area (Å²) < 4.78 is 5.25. The zero-order valence-corrected chi connectivity index (χ0v) is 12.9. The second-order valence-electron chi connectivity index (χ2n) is 5.06. The van der Waals surface area contributed by atoms with E-state index >= 15 is 0 Å². The molecule has 1 aromatic rings. The van der Waals surface area contributed by atoms with Gasteiger partial charge in [0.25, 0.3) is 5.91 Å². The standard InChI is InChI=1S/C14H18Cl2N2O2/c1-20-9-14(5-2-6-18-14)8-17-13(19)10-3-4-11(15)12(16)7-10/h3-4,7,18H,2,5-6,8-9H2,1H3,(H,17,19). The highest BCUT2D eigenvalue weighted by Gasteiger charge is 2.33. The SMILES string of the molecule is COCC1(CNC(=O)c2ccc(Cl)c(Cl)c2)CCCN1. The summed E-state index contributed by atoms with van der Waals surface area (Å²) in [5.41, 5.74) is 0.339. The number of carbonyl (C=O) groups excluding carboxylic acids is 1. The molecule has 1 amide bonds. The van der Waals surface area contributed by atoms with Crippen LogP contribution in [0.25, 0.3) is 0 Å². The van der Waals surface area contributed by atoms with E-state index in [0.29, 0.717) is 28.8 Å². The molecule has 20 heavy (non-hydrogen) atoms. The highest BCUT2D eigenvalue weighted by Crippen LogP contribution is 2.23.